The first-order valence-electron chi connectivity index (χ1n) is 11.0. The minimum Gasteiger partial charge on any atom is -0.496 e. The van der Waals surface area contributed by atoms with Gasteiger partial charge in [-0.05, 0) is 52.0 Å². The molecule has 0 saturated carbocycles. The van der Waals surface area contributed by atoms with Gasteiger partial charge in [-0.1, -0.05) is 11.3 Å². The third-order valence-corrected chi connectivity index (χ3v) is 8.13. The molecule has 1 aliphatic heterocycles. The van der Waals surface area contributed by atoms with Crippen LogP contribution in [0.15, 0.2) is 30.5 Å². The first-order valence-corrected chi connectivity index (χ1v) is 13.3. The van der Waals surface area contributed by atoms with Crippen LogP contribution in [0.2, 0.25) is 0 Å². The Morgan fingerprint density at radius 2 is 1.97 bits per heavy atom. The van der Waals surface area contributed by atoms with E-state index in [1.54, 1.807) is 45.0 Å². The minimum absolute atomic E-state index is 0.128. The predicted octanol–water partition coefficient (Wildman–Crippen LogP) is 3.59. The molecule has 0 unspecified atom stereocenters. The van der Waals surface area contributed by atoms with E-state index in [2.05, 4.69) is 26.1 Å². The Bertz CT molecular complexity index is 1460. The van der Waals surface area contributed by atoms with Gasteiger partial charge >= 0.3 is 0 Å². The van der Waals surface area contributed by atoms with E-state index in [0.29, 0.717) is 44.5 Å². The monoisotopic (exact) mass is 526 g/mol. The number of carbonyl (C=O) groups excluding carboxylic acids is 1. The molecule has 0 bridgehead atoms. The van der Waals surface area contributed by atoms with Crippen LogP contribution in [0.25, 0.3) is 11.1 Å². The van der Waals surface area contributed by atoms with E-state index in [4.69, 9.17) is 4.74 Å². The van der Waals surface area contributed by atoms with Crippen LogP contribution in [-0.4, -0.2) is 41.2 Å². The van der Waals surface area contributed by atoms with Crippen LogP contribution in [0.1, 0.15) is 53.0 Å². The van der Waals surface area contributed by atoms with E-state index < -0.39 is 21.7 Å². The fourth-order valence-electron chi connectivity index (χ4n) is 3.80. The standard InChI is InChI=1S/C24H26N6O4S2/c1-14-8-16(17-9-15(10-25)6-7-20(17)34-5)18(11-26-14)22(31)28-23-27-19-12-30(13-21(19)35-23)36(32,33)29-24(2,3)4/h6-9,11,29H,12-13H2,1-5H3,(H,27,28,31). The zero-order valence-electron chi connectivity index (χ0n) is 20.5. The molecule has 1 aromatic carbocycles. The molecule has 1 amide bonds. The van der Waals surface area contributed by atoms with Gasteiger partial charge in [0, 0.05) is 33.4 Å². The van der Waals surface area contributed by atoms with Crippen molar-refractivity contribution in [1.82, 2.24) is 19.0 Å². The number of methoxy groups -OCH3 is 1. The van der Waals surface area contributed by atoms with Crippen molar-refractivity contribution in [2.75, 3.05) is 12.4 Å². The molecule has 36 heavy (non-hydrogen) atoms. The largest absolute Gasteiger partial charge is 0.496 e. The molecule has 0 spiro atoms. The molecule has 3 heterocycles. The van der Waals surface area contributed by atoms with Crippen LogP contribution in [0, 0.1) is 18.3 Å². The molecule has 4 rings (SSSR count). The number of thiazole rings is 1. The Labute approximate surface area is 214 Å². The number of hydrogen-bond donors (Lipinski definition) is 2. The van der Waals surface area contributed by atoms with Gasteiger partial charge < -0.3 is 4.74 Å². The number of ether oxygens (including phenoxy) is 1. The number of anilines is 1. The van der Waals surface area contributed by atoms with Crippen LogP contribution >= 0.6 is 11.3 Å². The van der Waals surface area contributed by atoms with Crippen molar-refractivity contribution in [3.8, 4) is 22.9 Å². The SMILES string of the molecule is COc1ccc(C#N)cc1-c1cc(C)ncc1C(=O)Nc1nc2c(s1)CN(S(=O)(=O)NC(C)(C)C)C2. The average Bonchev–Trinajstić information content (AvgIpc) is 3.36. The van der Waals surface area contributed by atoms with Gasteiger partial charge in [0.15, 0.2) is 5.13 Å². The van der Waals surface area contributed by atoms with Crippen LogP contribution < -0.4 is 14.8 Å². The second kappa shape index (κ2) is 9.59. The molecule has 2 N–H and O–H groups in total. The molecule has 0 atom stereocenters. The zero-order chi connectivity index (χ0) is 26.3. The fraction of sp³-hybridized carbons (Fsp3) is 0.333. The first kappa shape index (κ1) is 25.7. The van der Waals surface area contributed by atoms with E-state index in [9.17, 15) is 18.5 Å². The second-order valence-electron chi connectivity index (χ2n) is 9.37. The van der Waals surface area contributed by atoms with Crippen molar-refractivity contribution in [3.05, 3.63) is 57.9 Å². The summed E-state index contributed by atoms with van der Waals surface area (Å²) >= 11 is 1.24. The maximum Gasteiger partial charge on any atom is 0.280 e. The lowest BCUT2D eigenvalue weighted by Gasteiger charge is -2.24. The number of nitriles is 1. The number of fused-ring (bicyclic) bond motifs is 1. The van der Waals surface area contributed by atoms with E-state index in [-0.39, 0.29) is 13.1 Å². The lowest BCUT2D eigenvalue weighted by Crippen LogP contribution is -2.47. The predicted molar refractivity (Wildman–Crippen MR) is 137 cm³/mol. The summed E-state index contributed by atoms with van der Waals surface area (Å²) in [5.41, 5.74) is 2.61. The van der Waals surface area contributed by atoms with Gasteiger partial charge in [0.2, 0.25) is 0 Å². The number of nitrogens with one attached hydrogen (secondary N) is 2. The maximum absolute atomic E-state index is 13.3. The third-order valence-electron chi connectivity index (χ3n) is 5.32. The molecule has 0 fully saturated rings. The smallest absolute Gasteiger partial charge is 0.280 e. The summed E-state index contributed by atoms with van der Waals surface area (Å²) in [6, 6.07) is 8.87. The molecule has 2 aromatic heterocycles. The summed E-state index contributed by atoms with van der Waals surface area (Å²) in [4.78, 5) is 22.8. The highest BCUT2D eigenvalue weighted by atomic mass is 32.2. The molecule has 10 nitrogen and oxygen atoms in total. The van der Waals surface area contributed by atoms with Crippen LogP contribution in [0.4, 0.5) is 5.13 Å². The average molecular weight is 527 g/mol. The zero-order valence-corrected chi connectivity index (χ0v) is 22.2. The Kier molecular flexibility index (Phi) is 6.85. The number of aromatic nitrogens is 2. The number of benzene rings is 1. The molecule has 0 radical (unpaired) electrons. The maximum atomic E-state index is 13.3. The van der Waals surface area contributed by atoms with Crippen LogP contribution in [-0.2, 0) is 23.3 Å². The molecular weight excluding hydrogens is 500 g/mol. The van der Waals surface area contributed by atoms with Crippen LogP contribution in [0.5, 0.6) is 5.75 Å². The number of carbonyl (C=O) groups is 1. The van der Waals surface area contributed by atoms with Gasteiger partial charge in [-0.15, -0.1) is 0 Å². The summed E-state index contributed by atoms with van der Waals surface area (Å²) in [5.74, 6) is 0.0975. The molecule has 188 valence electrons. The van der Waals surface area contributed by atoms with Crippen molar-refractivity contribution < 1.29 is 17.9 Å². The van der Waals surface area contributed by atoms with Gasteiger partial charge in [-0.3, -0.25) is 15.1 Å². The summed E-state index contributed by atoms with van der Waals surface area (Å²) in [6.07, 6.45) is 1.48. The Balaban J connectivity index is 1.58. The molecular formula is C24H26N6O4S2. The highest BCUT2D eigenvalue weighted by molar-refractivity contribution is 7.87. The number of hydrogen-bond acceptors (Lipinski definition) is 8. The van der Waals surface area contributed by atoms with Gasteiger partial charge in [-0.25, -0.2) is 4.98 Å². The molecule has 0 saturated heterocycles. The number of nitrogens with zero attached hydrogens (tertiary/aromatic N) is 4. The summed E-state index contributed by atoms with van der Waals surface area (Å²) in [5, 5.41) is 12.5. The van der Waals surface area contributed by atoms with Gasteiger partial charge in [0.25, 0.3) is 16.1 Å². The number of aryl methyl sites for hydroxylation is 1. The van der Waals surface area contributed by atoms with Gasteiger partial charge in [0.05, 0.1) is 43.1 Å². The van der Waals surface area contributed by atoms with Crippen molar-refractivity contribution >= 4 is 32.6 Å². The number of pyridine rings is 1. The quantitative estimate of drug-likeness (QED) is 0.501. The highest BCUT2D eigenvalue weighted by Crippen LogP contribution is 2.35. The summed E-state index contributed by atoms with van der Waals surface area (Å²) in [7, 11) is -2.14. The molecule has 0 aliphatic carbocycles. The molecule has 1 aliphatic rings. The van der Waals surface area contributed by atoms with Crippen molar-refractivity contribution in [1.29, 1.82) is 5.26 Å². The molecule has 3 aromatic rings. The van der Waals surface area contributed by atoms with Crippen molar-refractivity contribution in [2.24, 2.45) is 0 Å². The highest BCUT2D eigenvalue weighted by Gasteiger charge is 2.34. The van der Waals surface area contributed by atoms with Gasteiger partial charge in [0.1, 0.15) is 5.75 Å². The lowest BCUT2D eigenvalue weighted by molar-refractivity contribution is 0.102. The van der Waals surface area contributed by atoms with E-state index in [1.165, 1.54) is 28.9 Å². The molecule has 12 heteroatoms. The van der Waals surface area contributed by atoms with E-state index in [0.717, 1.165) is 4.88 Å². The second-order valence-corrected chi connectivity index (χ2v) is 12.1. The number of rotatable bonds is 6. The Morgan fingerprint density at radius 1 is 1.22 bits per heavy atom. The van der Waals surface area contributed by atoms with Crippen molar-refractivity contribution in [3.63, 3.8) is 0 Å². The topological polar surface area (TPSA) is 137 Å². The van der Waals surface area contributed by atoms with Gasteiger partial charge in [-0.2, -0.15) is 22.7 Å². The normalized spacial score (nSPS) is 13.8. The Hall–Kier alpha value is -3.37. The number of amides is 1. The fourth-order valence-corrected chi connectivity index (χ4v) is 6.36. The van der Waals surface area contributed by atoms with Crippen molar-refractivity contribution in [2.45, 2.75) is 46.3 Å². The van der Waals surface area contributed by atoms with E-state index in [1.807, 2.05) is 6.92 Å². The summed E-state index contributed by atoms with van der Waals surface area (Å²) in [6.45, 7) is 7.46. The lowest BCUT2D eigenvalue weighted by atomic mass is 9.97. The third kappa shape index (κ3) is 5.39. The summed E-state index contributed by atoms with van der Waals surface area (Å²) < 4.78 is 34.7. The minimum atomic E-state index is -3.67. The Morgan fingerprint density at radius 3 is 2.61 bits per heavy atom. The van der Waals surface area contributed by atoms with Crippen LogP contribution in [0.3, 0.4) is 0 Å². The first-order chi connectivity index (χ1) is 16.9. The van der Waals surface area contributed by atoms with E-state index >= 15 is 0 Å².